The first kappa shape index (κ1) is 22.8. The first-order valence-electron chi connectivity index (χ1n) is 11.7. The molecular weight excluding hydrogens is 400 g/mol. The van der Waals surface area contributed by atoms with Crippen LogP contribution in [0.3, 0.4) is 0 Å². The Bertz CT molecular complexity index is 1250. The Morgan fingerprint density at radius 2 is 1.24 bits per heavy atom. The normalized spacial score (nSPS) is 12.4. The van der Waals surface area contributed by atoms with Crippen LogP contribution in [0.4, 0.5) is 0 Å². The van der Waals surface area contributed by atoms with Crippen LogP contribution < -0.4 is 0 Å². The van der Waals surface area contributed by atoms with Gasteiger partial charge in [-0.1, -0.05) is 114 Å². The van der Waals surface area contributed by atoms with Crippen molar-refractivity contribution in [3.05, 3.63) is 107 Å². The maximum absolute atomic E-state index is 5.02. The highest BCUT2D eigenvalue weighted by Gasteiger charge is 2.26. The minimum absolute atomic E-state index is 0.0364. The van der Waals surface area contributed by atoms with E-state index in [1.54, 1.807) is 0 Å². The van der Waals surface area contributed by atoms with Crippen molar-refractivity contribution in [3.63, 3.8) is 0 Å². The van der Waals surface area contributed by atoms with Gasteiger partial charge in [-0.05, 0) is 51.8 Å². The molecule has 1 aromatic heterocycles. The number of nitrogens with zero attached hydrogens (tertiary/aromatic N) is 2. The van der Waals surface area contributed by atoms with Gasteiger partial charge in [-0.25, -0.2) is 4.68 Å². The summed E-state index contributed by atoms with van der Waals surface area (Å²) in [4.78, 5) is 0. The molecule has 0 aliphatic heterocycles. The zero-order valence-electron chi connectivity index (χ0n) is 20.6. The standard InChI is InChI=1S/C31H34N2/c1-30(2,3)27-20-19-26(22-28(27)31(4,5)6)33-29(24-15-11-8-12-16-24)21-25(32-33)18-17-23-13-9-7-10-14-23/h7-22H,1-6H3. The lowest BCUT2D eigenvalue weighted by atomic mass is 9.75. The van der Waals surface area contributed by atoms with Gasteiger partial charge in [-0.15, -0.1) is 0 Å². The number of hydrogen-bond donors (Lipinski definition) is 0. The van der Waals surface area contributed by atoms with E-state index >= 15 is 0 Å². The first-order chi connectivity index (χ1) is 15.6. The first-order valence-corrected chi connectivity index (χ1v) is 11.7. The third-order valence-corrected chi connectivity index (χ3v) is 5.91. The molecule has 2 heteroatoms. The van der Waals surface area contributed by atoms with Gasteiger partial charge in [0.15, 0.2) is 0 Å². The molecule has 168 valence electrons. The Hall–Kier alpha value is -3.39. The van der Waals surface area contributed by atoms with Crippen molar-refractivity contribution in [3.8, 4) is 16.9 Å². The molecule has 0 spiro atoms. The fourth-order valence-electron chi connectivity index (χ4n) is 4.18. The van der Waals surface area contributed by atoms with Gasteiger partial charge in [-0.3, -0.25) is 0 Å². The molecule has 0 fully saturated rings. The van der Waals surface area contributed by atoms with E-state index in [1.807, 2.05) is 6.07 Å². The molecule has 0 bridgehead atoms. The summed E-state index contributed by atoms with van der Waals surface area (Å²) >= 11 is 0. The Labute approximate surface area is 198 Å². The fraction of sp³-hybridized carbons (Fsp3) is 0.258. The van der Waals surface area contributed by atoms with Crippen molar-refractivity contribution in [2.75, 3.05) is 0 Å². The van der Waals surface area contributed by atoms with Crippen LogP contribution in [0.25, 0.3) is 29.1 Å². The van der Waals surface area contributed by atoms with Crippen LogP contribution >= 0.6 is 0 Å². The van der Waals surface area contributed by atoms with E-state index in [-0.39, 0.29) is 10.8 Å². The number of aromatic nitrogens is 2. The summed E-state index contributed by atoms with van der Waals surface area (Å²) in [5.74, 6) is 0. The van der Waals surface area contributed by atoms with Crippen LogP contribution in [0.2, 0.25) is 0 Å². The van der Waals surface area contributed by atoms with Crippen molar-refractivity contribution in [2.24, 2.45) is 0 Å². The number of benzene rings is 3. The zero-order chi connectivity index (χ0) is 23.6. The van der Waals surface area contributed by atoms with Gasteiger partial charge in [-0.2, -0.15) is 5.10 Å². The van der Waals surface area contributed by atoms with Gasteiger partial charge in [0.25, 0.3) is 0 Å². The maximum Gasteiger partial charge on any atom is 0.0862 e. The lowest BCUT2D eigenvalue weighted by molar-refractivity contribution is 0.529. The van der Waals surface area contributed by atoms with Crippen LogP contribution in [-0.2, 0) is 10.8 Å². The van der Waals surface area contributed by atoms with Gasteiger partial charge in [0.2, 0.25) is 0 Å². The Kier molecular flexibility index (Phi) is 6.12. The average Bonchev–Trinajstić information content (AvgIpc) is 3.22. The second-order valence-electron chi connectivity index (χ2n) is 10.7. The Morgan fingerprint density at radius 3 is 1.85 bits per heavy atom. The largest absolute Gasteiger partial charge is 0.232 e. The zero-order valence-corrected chi connectivity index (χ0v) is 20.6. The maximum atomic E-state index is 5.02. The molecule has 3 aromatic carbocycles. The molecule has 0 saturated heterocycles. The van der Waals surface area contributed by atoms with Crippen molar-refractivity contribution in [1.29, 1.82) is 0 Å². The summed E-state index contributed by atoms with van der Waals surface area (Å²) in [5.41, 5.74) is 8.30. The predicted octanol–water partition coefficient (Wildman–Crippen LogP) is 8.30. The highest BCUT2D eigenvalue weighted by molar-refractivity contribution is 5.72. The quantitative estimate of drug-likeness (QED) is 0.316. The molecule has 4 rings (SSSR count). The van der Waals surface area contributed by atoms with Gasteiger partial charge >= 0.3 is 0 Å². The van der Waals surface area contributed by atoms with Gasteiger partial charge in [0.05, 0.1) is 17.1 Å². The van der Waals surface area contributed by atoms with Crippen molar-refractivity contribution in [2.45, 2.75) is 52.4 Å². The van der Waals surface area contributed by atoms with Gasteiger partial charge < -0.3 is 0 Å². The van der Waals surface area contributed by atoms with Crippen LogP contribution in [0.5, 0.6) is 0 Å². The van der Waals surface area contributed by atoms with Gasteiger partial charge in [0, 0.05) is 5.56 Å². The third-order valence-electron chi connectivity index (χ3n) is 5.91. The molecule has 33 heavy (non-hydrogen) atoms. The monoisotopic (exact) mass is 434 g/mol. The second kappa shape index (κ2) is 8.86. The molecule has 0 saturated carbocycles. The molecule has 1 heterocycles. The highest BCUT2D eigenvalue weighted by Crippen LogP contribution is 2.36. The molecule has 0 unspecified atom stereocenters. The molecule has 0 radical (unpaired) electrons. The Morgan fingerprint density at radius 1 is 0.636 bits per heavy atom. The molecule has 0 N–H and O–H groups in total. The molecular formula is C31H34N2. The van der Waals surface area contributed by atoms with E-state index in [0.717, 1.165) is 28.2 Å². The van der Waals surface area contributed by atoms with E-state index in [2.05, 4.69) is 137 Å². The van der Waals surface area contributed by atoms with Crippen LogP contribution in [0, 0.1) is 0 Å². The summed E-state index contributed by atoms with van der Waals surface area (Å²) in [5, 5.41) is 5.02. The fourth-order valence-corrected chi connectivity index (χ4v) is 4.18. The number of rotatable bonds is 4. The van der Waals surface area contributed by atoms with Gasteiger partial charge in [0.1, 0.15) is 0 Å². The topological polar surface area (TPSA) is 17.8 Å². The summed E-state index contributed by atoms with van der Waals surface area (Å²) in [6, 6.07) is 29.8. The molecule has 4 aromatic rings. The van der Waals surface area contributed by atoms with Crippen molar-refractivity contribution >= 4 is 12.2 Å². The Balaban J connectivity index is 1.86. The molecule has 0 atom stereocenters. The SMILES string of the molecule is CC(C)(C)c1ccc(-n2nc(C=Cc3ccccc3)cc2-c2ccccc2)cc1C(C)(C)C. The lowest BCUT2D eigenvalue weighted by Gasteiger charge is -2.30. The summed E-state index contributed by atoms with van der Waals surface area (Å²) in [7, 11) is 0. The minimum atomic E-state index is 0.0364. The second-order valence-corrected chi connectivity index (χ2v) is 10.7. The van der Waals surface area contributed by atoms with Crippen LogP contribution in [0.1, 0.15) is 63.9 Å². The van der Waals surface area contributed by atoms with E-state index in [1.165, 1.54) is 11.1 Å². The molecule has 0 aliphatic rings. The minimum Gasteiger partial charge on any atom is -0.232 e. The summed E-state index contributed by atoms with van der Waals surface area (Å²) in [6.07, 6.45) is 4.21. The smallest absolute Gasteiger partial charge is 0.0862 e. The predicted molar refractivity (Wildman–Crippen MR) is 142 cm³/mol. The van der Waals surface area contributed by atoms with E-state index < -0.39 is 0 Å². The third kappa shape index (κ3) is 5.17. The summed E-state index contributed by atoms with van der Waals surface area (Å²) in [6.45, 7) is 13.7. The van der Waals surface area contributed by atoms with Crippen molar-refractivity contribution < 1.29 is 0 Å². The molecule has 2 nitrogen and oxygen atoms in total. The van der Waals surface area contributed by atoms with E-state index in [4.69, 9.17) is 5.10 Å². The van der Waals surface area contributed by atoms with E-state index in [0.29, 0.717) is 0 Å². The van der Waals surface area contributed by atoms with Crippen LogP contribution in [0.15, 0.2) is 84.9 Å². The molecule has 0 amide bonds. The summed E-state index contributed by atoms with van der Waals surface area (Å²) < 4.78 is 2.08. The van der Waals surface area contributed by atoms with Crippen molar-refractivity contribution in [1.82, 2.24) is 9.78 Å². The number of hydrogen-bond acceptors (Lipinski definition) is 1. The average molecular weight is 435 g/mol. The van der Waals surface area contributed by atoms with E-state index in [9.17, 15) is 0 Å². The lowest BCUT2D eigenvalue weighted by Crippen LogP contribution is -2.22. The molecule has 0 aliphatic carbocycles. The highest BCUT2D eigenvalue weighted by atomic mass is 15.3. The van der Waals surface area contributed by atoms with Crippen LogP contribution in [-0.4, -0.2) is 9.78 Å².